The Morgan fingerprint density at radius 3 is 2.46 bits per heavy atom. The van der Waals surface area contributed by atoms with Crippen LogP contribution in [0.4, 0.5) is 0 Å². The van der Waals surface area contributed by atoms with Gasteiger partial charge in [-0.3, -0.25) is 9.59 Å². The van der Waals surface area contributed by atoms with Crippen LogP contribution in [-0.2, 0) is 4.79 Å². The van der Waals surface area contributed by atoms with Crippen LogP contribution in [0.3, 0.4) is 0 Å². The number of fused-ring (bicyclic) bond motifs is 1. The maximum absolute atomic E-state index is 13.0. The van der Waals surface area contributed by atoms with E-state index in [0.29, 0.717) is 64.7 Å². The molecule has 1 aliphatic carbocycles. The van der Waals surface area contributed by atoms with Gasteiger partial charge in [-0.05, 0) is 85.5 Å². The van der Waals surface area contributed by atoms with Crippen molar-refractivity contribution < 1.29 is 24.2 Å². The molecule has 0 radical (unpaired) electrons. The highest BCUT2D eigenvalue weighted by molar-refractivity contribution is 6.32. The molecule has 5 nitrogen and oxygen atoms in total. The lowest BCUT2D eigenvalue weighted by atomic mass is 9.76. The van der Waals surface area contributed by atoms with E-state index in [1.54, 1.807) is 36.4 Å². The van der Waals surface area contributed by atoms with Crippen molar-refractivity contribution in [1.82, 2.24) is 0 Å². The van der Waals surface area contributed by atoms with E-state index in [9.17, 15) is 14.7 Å². The third-order valence-electron chi connectivity index (χ3n) is 7.40. The molecule has 3 aromatic carbocycles. The summed E-state index contributed by atoms with van der Waals surface area (Å²) >= 11 is 12.4. The van der Waals surface area contributed by atoms with Crippen LogP contribution in [0.1, 0.15) is 71.8 Å². The fourth-order valence-electron chi connectivity index (χ4n) is 5.45. The first-order valence-electron chi connectivity index (χ1n) is 12.6. The fourth-order valence-corrected chi connectivity index (χ4v) is 5.79. The molecule has 0 bridgehead atoms. The number of hydrogen-bond acceptors (Lipinski definition) is 4. The number of ketones is 1. The van der Waals surface area contributed by atoms with Gasteiger partial charge >= 0.3 is 5.97 Å². The molecule has 0 saturated heterocycles. The van der Waals surface area contributed by atoms with E-state index in [1.807, 2.05) is 12.1 Å². The number of rotatable bonds is 7. The lowest BCUT2D eigenvalue weighted by molar-refractivity contribution is -0.139. The van der Waals surface area contributed by atoms with E-state index < -0.39 is 11.9 Å². The molecule has 0 aromatic heterocycles. The van der Waals surface area contributed by atoms with Crippen LogP contribution in [0.15, 0.2) is 60.7 Å². The minimum absolute atomic E-state index is 0.133. The summed E-state index contributed by atoms with van der Waals surface area (Å²) in [7, 11) is 0. The molecule has 0 amide bonds. The fraction of sp³-hybridized carbons (Fsp3) is 0.333. The molecule has 1 N–H and O–H groups in total. The molecule has 3 atom stereocenters. The van der Waals surface area contributed by atoms with Crippen LogP contribution >= 0.6 is 23.2 Å². The van der Waals surface area contributed by atoms with Crippen molar-refractivity contribution in [2.45, 2.75) is 50.4 Å². The van der Waals surface area contributed by atoms with Gasteiger partial charge in [0.1, 0.15) is 17.2 Å². The van der Waals surface area contributed by atoms with Crippen LogP contribution in [0.5, 0.6) is 17.2 Å². The highest BCUT2D eigenvalue weighted by atomic mass is 35.5. The Morgan fingerprint density at radius 1 is 0.973 bits per heavy atom. The number of carboxylic acids is 1. The first-order valence-corrected chi connectivity index (χ1v) is 13.4. The van der Waals surface area contributed by atoms with Crippen molar-refractivity contribution in [1.29, 1.82) is 0 Å². The number of benzene rings is 3. The van der Waals surface area contributed by atoms with Crippen molar-refractivity contribution >= 4 is 35.0 Å². The summed E-state index contributed by atoms with van der Waals surface area (Å²) in [4.78, 5) is 24.6. The third-order valence-corrected chi connectivity index (χ3v) is 7.95. The molecular formula is C30H28Cl2O5. The predicted octanol–water partition coefficient (Wildman–Crippen LogP) is 8.28. The number of ether oxygens (including phenoxy) is 2. The zero-order valence-electron chi connectivity index (χ0n) is 20.3. The van der Waals surface area contributed by atoms with Gasteiger partial charge in [0.15, 0.2) is 5.78 Å². The Balaban J connectivity index is 1.22. The number of carboxylic acid groups (broad SMARTS) is 1. The summed E-state index contributed by atoms with van der Waals surface area (Å²) in [5.41, 5.74) is 2.51. The molecule has 192 valence electrons. The normalized spacial score (nSPS) is 21.0. The van der Waals surface area contributed by atoms with Crippen molar-refractivity contribution in [3.63, 3.8) is 0 Å². The number of carbonyl (C=O) groups excluding carboxylic acids is 1. The lowest BCUT2D eigenvalue weighted by Gasteiger charge is -2.29. The van der Waals surface area contributed by atoms with Gasteiger partial charge in [0, 0.05) is 28.6 Å². The largest absolute Gasteiger partial charge is 0.493 e. The van der Waals surface area contributed by atoms with Gasteiger partial charge in [0.25, 0.3) is 0 Å². The number of carbonyl (C=O) groups is 2. The molecule has 37 heavy (non-hydrogen) atoms. The van der Waals surface area contributed by atoms with E-state index >= 15 is 0 Å². The van der Waals surface area contributed by atoms with Crippen LogP contribution in [0, 0.1) is 5.92 Å². The molecule has 1 heterocycles. The molecule has 1 fully saturated rings. The van der Waals surface area contributed by atoms with E-state index in [4.69, 9.17) is 32.7 Å². The van der Waals surface area contributed by atoms with Gasteiger partial charge in [-0.25, -0.2) is 0 Å². The second-order valence-corrected chi connectivity index (χ2v) is 10.7. The van der Waals surface area contributed by atoms with Crippen molar-refractivity contribution in [3.8, 4) is 17.2 Å². The summed E-state index contributed by atoms with van der Waals surface area (Å²) in [5.74, 6) is 0.792. The Hall–Kier alpha value is -3.02. The Bertz CT molecular complexity index is 1290. The smallest absolute Gasteiger partial charge is 0.311 e. The summed E-state index contributed by atoms with van der Waals surface area (Å²) in [6.45, 7) is 0.323. The van der Waals surface area contributed by atoms with Crippen LogP contribution < -0.4 is 9.47 Å². The highest BCUT2D eigenvalue weighted by Crippen LogP contribution is 2.42. The van der Waals surface area contributed by atoms with E-state index in [-0.39, 0.29) is 5.78 Å². The maximum atomic E-state index is 13.0. The van der Waals surface area contributed by atoms with Crippen molar-refractivity contribution in [2.24, 2.45) is 5.92 Å². The number of aliphatic carboxylic acids is 1. The van der Waals surface area contributed by atoms with Gasteiger partial charge in [-0.15, -0.1) is 0 Å². The quantitative estimate of drug-likeness (QED) is 0.306. The van der Waals surface area contributed by atoms with Crippen LogP contribution in [0.2, 0.25) is 10.0 Å². The van der Waals surface area contributed by atoms with Gasteiger partial charge in [0.05, 0.1) is 17.5 Å². The Labute approximate surface area is 226 Å². The molecule has 2 aliphatic rings. The summed E-state index contributed by atoms with van der Waals surface area (Å²) in [5, 5.41) is 10.5. The van der Waals surface area contributed by atoms with Gasteiger partial charge in [-0.1, -0.05) is 41.8 Å². The van der Waals surface area contributed by atoms with Crippen LogP contribution in [-0.4, -0.2) is 23.5 Å². The average molecular weight is 539 g/mol. The Kier molecular flexibility index (Phi) is 7.73. The molecular weight excluding hydrogens is 511 g/mol. The van der Waals surface area contributed by atoms with Crippen LogP contribution in [0.25, 0.3) is 0 Å². The second-order valence-electron chi connectivity index (χ2n) is 9.88. The maximum Gasteiger partial charge on any atom is 0.311 e. The highest BCUT2D eigenvalue weighted by Gasteiger charge is 2.29. The summed E-state index contributed by atoms with van der Waals surface area (Å²) in [6, 6.07) is 18.4. The first-order chi connectivity index (χ1) is 17.9. The molecule has 3 aromatic rings. The molecule has 5 rings (SSSR count). The van der Waals surface area contributed by atoms with E-state index in [0.717, 1.165) is 30.7 Å². The topological polar surface area (TPSA) is 72.8 Å². The van der Waals surface area contributed by atoms with Crippen molar-refractivity contribution in [3.05, 3.63) is 87.4 Å². The lowest BCUT2D eigenvalue weighted by Crippen LogP contribution is -2.20. The SMILES string of the molecule is O=C(CC1CCCC(c2ccc(Cl)cc2)C1)c1ccc(Oc2cc3c(cc2Cl)C(C(=O)O)CCO3)cc1. The molecule has 7 heteroatoms. The first kappa shape index (κ1) is 25.6. The second kappa shape index (κ2) is 11.2. The minimum atomic E-state index is -0.900. The average Bonchev–Trinajstić information content (AvgIpc) is 2.89. The van der Waals surface area contributed by atoms with E-state index in [2.05, 4.69) is 12.1 Å². The van der Waals surface area contributed by atoms with E-state index in [1.165, 1.54) is 5.56 Å². The Morgan fingerprint density at radius 2 is 1.73 bits per heavy atom. The molecule has 1 aliphatic heterocycles. The zero-order valence-corrected chi connectivity index (χ0v) is 21.8. The number of Topliss-reactive ketones (excluding diaryl/α,β-unsaturated/α-hetero) is 1. The monoisotopic (exact) mass is 538 g/mol. The van der Waals surface area contributed by atoms with Gasteiger partial charge in [-0.2, -0.15) is 0 Å². The predicted molar refractivity (Wildman–Crippen MR) is 144 cm³/mol. The standard InChI is InChI=1S/C30H28Cl2O5/c31-22-8-4-19(5-9-22)21-3-1-2-18(14-21)15-27(33)20-6-10-23(11-7-20)37-29-17-28-25(16-26(29)32)24(30(34)35)12-13-36-28/h4-11,16-18,21,24H,1-3,12-15H2,(H,34,35). The minimum Gasteiger partial charge on any atom is -0.493 e. The molecule has 3 unspecified atom stereocenters. The van der Waals surface area contributed by atoms with Gasteiger partial charge < -0.3 is 14.6 Å². The number of halogens is 2. The summed E-state index contributed by atoms with van der Waals surface area (Å²) < 4.78 is 11.6. The third kappa shape index (κ3) is 5.94. The molecule has 0 spiro atoms. The molecule has 1 saturated carbocycles. The summed E-state index contributed by atoms with van der Waals surface area (Å²) in [6.07, 6.45) is 5.27. The van der Waals surface area contributed by atoms with Gasteiger partial charge in [0.2, 0.25) is 0 Å². The zero-order chi connectivity index (χ0) is 25.9. The van der Waals surface area contributed by atoms with Crippen molar-refractivity contribution in [2.75, 3.05) is 6.61 Å². The number of hydrogen-bond donors (Lipinski definition) is 1.